The summed E-state index contributed by atoms with van der Waals surface area (Å²) in [7, 11) is 3.13. The fraction of sp³-hybridized carbons (Fsp3) is 0.571. The number of hydrogen-bond acceptors (Lipinski definition) is 4. The number of nitrogens with one attached hydrogen (secondary N) is 1. The molecule has 1 fully saturated rings. The first-order chi connectivity index (χ1) is 9.19. The second-order valence-corrected chi connectivity index (χ2v) is 4.53. The average molecular weight is 269 g/mol. The summed E-state index contributed by atoms with van der Waals surface area (Å²) < 4.78 is 29.3. The summed E-state index contributed by atoms with van der Waals surface area (Å²) in [4.78, 5) is 0. The molecule has 1 aliphatic rings. The lowest BCUT2D eigenvalue weighted by Gasteiger charge is -2.43. The molecule has 106 valence electrons. The minimum absolute atomic E-state index is 0.0241. The number of methoxy groups -OCH3 is 2. The van der Waals surface area contributed by atoms with E-state index < -0.39 is 0 Å². The van der Waals surface area contributed by atoms with Gasteiger partial charge in [0.05, 0.1) is 19.3 Å². The molecule has 3 unspecified atom stereocenters. The summed E-state index contributed by atoms with van der Waals surface area (Å²) in [6.45, 7) is 2.65. The van der Waals surface area contributed by atoms with Crippen molar-refractivity contribution < 1.29 is 18.6 Å². The van der Waals surface area contributed by atoms with Crippen molar-refractivity contribution in [1.29, 1.82) is 0 Å². The molecule has 1 aromatic carbocycles. The average Bonchev–Trinajstić information content (AvgIpc) is 2.39. The molecule has 3 atom stereocenters. The molecule has 0 saturated heterocycles. The number of halogens is 1. The van der Waals surface area contributed by atoms with Crippen molar-refractivity contribution in [3.05, 3.63) is 24.0 Å². The molecule has 1 aliphatic carbocycles. The van der Waals surface area contributed by atoms with Crippen molar-refractivity contribution in [3.63, 3.8) is 0 Å². The molecular weight excluding hydrogens is 249 g/mol. The van der Waals surface area contributed by atoms with E-state index in [9.17, 15) is 4.39 Å². The second kappa shape index (κ2) is 6.21. The van der Waals surface area contributed by atoms with Gasteiger partial charge in [-0.25, -0.2) is 4.39 Å². The number of benzene rings is 1. The zero-order valence-corrected chi connectivity index (χ0v) is 11.5. The van der Waals surface area contributed by atoms with Crippen LogP contribution in [-0.4, -0.2) is 39.1 Å². The monoisotopic (exact) mass is 269 g/mol. The lowest BCUT2D eigenvalue weighted by Crippen LogP contribution is -2.56. The molecule has 5 heteroatoms. The molecule has 19 heavy (non-hydrogen) atoms. The maximum atomic E-state index is 13.3. The molecule has 1 N–H and O–H groups in total. The fourth-order valence-electron chi connectivity index (χ4n) is 2.38. The Kier molecular flexibility index (Phi) is 4.61. The van der Waals surface area contributed by atoms with Crippen LogP contribution in [0.2, 0.25) is 0 Å². The van der Waals surface area contributed by atoms with E-state index in [4.69, 9.17) is 14.2 Å². The van der Waals surface area contributed by atoms with Crippen LogP contribution in [0.3, 0.4) is 0 Å². The first kappa shape index (κ1) is 14.1. The van der Waals surface area contributed by atoms with Gasteiger partial charge >= 0.3 is 0 Å². The molecule has 0 amide bonds. The van der Waals surface area contributed by atoms with Crippen molar-refractivity contribution in [2.75, 3.05) is 26.1 Å². The SMILES string of the molecule is CCOC1CC(Nc2ccc(F)c(OC)c2)C1OC. The number of ether oxygens (including phenoxy) is 3. The molecule has 0 bridgehead atoms. The molecule has 0 heterocycles. The van der Waals surface area contributed by atoms with E-state index in [1.54, 1.807) is 19.2 Å². The van der Waals surface area contributed by atoms with Crippen LogP contribution in [0.5, 0.6) is 5.75 Å². The Hall–Kier alpha value is -1.33. The normalized spacial score (nSPS) is 25.8. The predicted molar refractivity (Wildman–Crippen MR) is 71.2 cm³/mol. The van der Waals surface area contributed by atoms with Crippen LogP contribution in [-0.2, 0) is 9.47 Å². The van der Waals surface area contributed by atoms with Crippen LogP contribution in [0.15, 0.2) is 18.2 Å². The van der Waals surface area contributed by atoms with Crippen LogP contribution in [0, 0.1) is 5.82 Å². The molecular formula is C14H20FNO3. The molecule has 0 radical (unpaired) electrons. The maximum absolute atomic E-state index is 13.3. The first-order valence-electron chi connectivity index (χ1n) is 6.44. The Balaban J connectivity index is 1.98. The van der Waals surface area contributed by atoms with Crippen molar-refractivity contribution in [2.24, 2.45) is 0 Å². The van der Waals surface area contributed by atoms with E-state index in [0.29, 0.717) is 6.61 Å². The summed E-state index contributed by atoms with van der Waals surface area (Å²) >= 11 is 0. The number of hydrogen-bond donors (Lipinski definition) is 1. The van der Waals surface area contributed by atoms with Gasteiger partial charge in [0.15, 0.2) is 11.6 Å². The van der Waals surface area contributed by atoms with Crippen molar-refractivity contribution in [1.82, 2.24) is 0 Å². The summed E-state index contributed by atoms with van der Waals surface area (Å²) in [5.74, 6) is -0.128. The van der Waals surface area contributed by atoms with Gasteiger partial charge in [-0.05, 0) is 25.5 Å². The van der Waals surface area contributed by atoms with Gasteiger partial charge in [-0.15, -0.1) is 0 Å². The van der Waals surface area contributed by atoms with Gasteiger partial charge in [-0.1, -0.05) is 0 Å². The summed E-state index contributed by atoms with van der Waals surface area (Å²) in [6.07, 6.45) is 1.04. The first-order valence-corrected chi connectivity index (χ1v) is 6.44. The lowest BCUT2D eigenvalue weighted by atomic mass is 9.85. The van der Waals surface area contributed by atoms with Crippen molar-refractivity contribution in [2.45, 2.75) is 31.6 Å². The van der Waals surface area contributed by atoms with Crippen molar-refractivity contribution >= 4 is 5.69 Å². The van der Waals surface area contributed by atoms with E-state index in [0.717, 1.165) is 12.1 Å². The van der Waals surface area contributed by atoms with Gasteiger partial charge in [0.25, 0.3) is 0 Å². The molecule has 2 rings (SSSR count). The highest BCUT2D eigenvalue weighted by molar-refractivity contribution is 5.50. The van der Waals surface area contributed by atoms with Crippen LogP contribution in [0.1, 0.15) is 13.3 Å². The van der Waals surface area contributed by atoms with Crippen molar-refractivity contribution in [3.8, 4) is 5.75 Å². The second-order valence-electron chi connectivity index (χ2n) is 4.53. The summed E-state index contributed by atoms with van der Waals surface area (Å²) in [6, 6.07) is 4.91. The van der Waals surface area contributed by atoms with Gasteiger partial charge < -0.3 is 19.5 Å². The van der Waals surface area contributed by atoms with Crippen LogP contribution < -0.4 is 10.1 Å². The zero-order valence-electron chi connectivity index (χ0n) is 11.5. The highest BCUT2D eigenvalue weighted by atomic mass is 19.1. The fourth-order valence-corrected chi connectivity index (χ4v) is 2.38. The molecule has 0 spiro atoms. The zero-order chi connectivity index (χ0) is 13.8. The van der Waals surface area contributed by atoms with Gasteiger partial charge in [0, 0.05) is 25.5 Å². The van der Waals surface area contributed by atoms with Gasteiger partial charge in [-0.3, -0.25) is 0 Å². The van der Waals surface area contributed by atoms with E-state index in [1.165, 1.54) is 13.2 Å². The highest BCUT2D eigenvalue weighted by Crippen LogP contribution is 2.31. The van der Waals surface area contributed by atoms with E-state index >= 15 is 0 Å². The van der Waals surface area contributed by atoms with Gasteiger partial charge in [-0.2, -0.15) is 0 Å². The van der Waals surface area contributed by atoms with Crippen LogP contribution >= 0.6 is 0 Å². The Bertz CT molecular complexity index is 427. The molecule has 1 aromatic rings. The van der Waals surface area contributed by atoms with E-state index in [1.807, 2.05) is 6.92 Å². The molecule has 4 nitrogen and oxygen atoms in total. The lowest BCUT2D eigenvalue weighted by molar-refractivity contribution is -0.118. The Labute approximate surface area is 112 Å². The number of rotatable bonds is 6. The Morgan fingerprint density at radius 3 is 2.79 bits per heavy atom. The minimum Gasteiger partial charge on any atom is -0.494 e. The topological polar surface area (TPSA) is 39.7 Å². The third kappa shape index (κ3) is 2.98. The summed E-state index contributed by atoms with van der Waals surface area (Å²) in [5, 5.41) is 3.32. The van der Waals surface area contributed by atoms with E-state index in [-0.39, 0.29) is 29.8 Å². The highest BCUT2D eigenvalue weighted by Gasteiger charge is 2.42. The minimum atomic E-state index is -0.364. The largest absolute Gasteiger partial charge is 0.494 e. The maximum Gasteiger partial charge on any atom is 0.165 e. The van der Waals surface area contributed by atoms with Gasteiger partial charge in [0.1, 0.15) is 6.10 Å². The quantitative estimate of drug-likeness (QED) is 0.861. The Morgan fingerprint density at radius 2 is 2.16 bits per heavy atom. The van der Waals surface area contributed by atoms with Gasteiger partial charge in [0.2, 0.25) is 0 Å². The Morgan fingerprint density at radius 1 is 1.37 bits per heavy atom. The third-order valence-corrected chi connectivity index (χ3v) is 3.41. The molecule has 0 aliphatic heterocycles. The smallest absolute Gasteiger partial charge is 0.165 e. The molecule has 1 saturated carbocycles. The summed E-state index contributed by atoms with van der Waals surface area (Å²) in [5.41, 5.74) is 0.820. The standard InChI is InChI=1S/C14H20FNO3/c1-4-19-13-8-11(14(13)18-3)16-9-5-6-10(15)12(7-9)17-2/h5-7,11,13-14,16H,4,8H2,1-3H3. The van der Waals surface area contributed by atoms with Crippen LogP contribution in [0.4, 0.5) is 10.1 Å². The molecule has 0 aromatic heterocycles. The van der Waals surface area contributed by atoms with Crippen LogP contribution in [0.25, 0.3) is 0 Å². The number of anilines is 1. The van der Waals surface area contributed by atoms with E-state index in [2.05, 4.69) is 5.32 Å². The predicted octanol–water partition coefficient (Wildman–Crippen LogP) is 2.44. The third-order valence-electron chi connectivity index (χ3n) is 3.41.